The van der Waals surface area contributed by atoms with Gasteiger partial charge in [-0.2, -0.15) is 0 Å². The van der Waals surface area contributed by atoms with Crippen LogP contribution in [0.5, 0.6) is 0 Å². The van der Waals surface area contributed by atoms with Crippen molar-refractivity contribution < 1.29 is 14.7 Å². The predicted octanol–water partition coefficient (Wildman–Crippen LogP) is 2.20. The molecule has 1 aromatic heterocycles. The second-order valence-electron chi connectivity index (χ2n) is 6.50. The first-order chi connectivity index (χ1) is 11.1. The number of carbonyl (C=O) groups excluding carboxylic acids is 1. The number of pyridine rings is 1. The van der Waals surface area contributed by atoms with E-state index in [1.807, 2.05) is 6.07 Å². The largest absolute Gasteiger partial charge is 0.480 e. The van der Waals surface area contributed by atoms with E-state index < -0.39 is 11.5 Å². The highest BCUT2D eigenvalue weighted by Gasteiger charge is 2.45. The summed E-state index contributed by atoms with van der Waals surface area (Å²) in [5.41, 5.74) is -0.670. The van der Waals surface area contributed by atoms with Crippen LogP contribution in [0.1, 0.15) is 55.3 Å². The standard InChI is InChI=1S/C17H23N3O3/c21-15(19-17(16(22)23)8-5-9-17)13-6-7-14(18-12-13)20-10-3-1-2-4-11-20/h6-7,12H,1-5,8-11H2,(H,19,21)(H,22,23). The molecule has 1 amide bonds. The first-order valence-corrected chi connectivity index (χ1v) is 8.38. The summed E-state index contributed by atoms with van der Waals surface area (Å²) in [6.45, 7) is 2.00. The third-order valence-electron chi connectivity index (χ3n) is 4.91. The first-order valence-electron chi connectivity index (χ1n) is 8.38. The lowest BCUT2D eigenvalue weighted by Crippen LogP contribution is -2.59. The molecule has 124 valence electrons. The van der Waals surface area contributed by atoms with Crippen LogP contribution in [-0.2, 0) is 4.79 Å². The van der Waals surface area contributed by atoms with Crippen LogP contribution in [0.2, 0.25) is 0 Å². The van der Waals surface area contributed by atoms with Crippen molar-refractivity contribution in [1.82, 2.24) is 10.3 Å². The molecule has 2 aliphatic rings. The highest BCUT2D eigenvalue weighted by molar-refractivity contribution is 5.98. The van der Waals surface area contributed by atoms with E-state index in [2.05, 4.69) is 15.2 Å². The number of carboxylic acids is 1. The van der Waals surface area contributed by atoms with Crippen molar-refractivity contribution in [2.75, 3.05) is 18.0 Å². The van der Waals surface area contributed by atoms with Gasteiger partial charge in [-0.05, 0) is 44.2 Å². The van der Waals surface area contributed by atoms with Gasteiger partial charge in [-0.25, -0.2) is 9.78 Å². The highest BCUT2D eigenvalue weighted by atomic mass is 16.4. The molecular weight excluding hydrogens is 294 g/mol. The van der Waals surface area contributed by atoms with Crippen LogP contribution < -0.4 is 10.2 Å². The summed E-state index contributed by atoms with van der Waals surface area (Å²) in [7, 11) is 0. The van der Waals surface area contributed by atoms with Gasteiger partial charge < -0.3 is 15.3 Å². The molecule has 0 spiro atoms. The van der Waals surface area contributed by atoms with Gasteiger partial charge in [0.1, 0.15) is 11.4 Å². The Bertz CT molecular complexity index is 573. The molecule has 1 aromatic rings. The number of amides is 1. The van der Waals surface area contributed by atoms with Crippen LogP contribution in [0.15, 0.2) is 18.3 Å². The van der Waals surface area contributed by atoms with E-state index in [-0.39, 0.29) is 5.91 Å². The van der Waals surface area contributed by atoms with Gasteiger partial charge in [0.05, 0.1) is 5.56 Å². The minimum atomic E-state index is -1.08. The Morgan fingerprint density at radius 1 is 1.09 bits per heavy atom. The third-order valence-corrected chi connectivity index (χ3v) is 4.91. The molecule has 0 radical (unpaired) electrons. The molecule has 1 saturated heterocycles. The van der Waals surface area contributed by atoms with Crippen LogP contribution in [0, 0.1) is 0 Å². The summed E-state index contributed by atoms with van der Waals surface area (Å²) in [6.07, 6.45) is 8.22. The number of nitrogens with zero attached hydrogens (tertiary/aromatic N) is 2. The van der Waals surface area contributed by atoms with Crippen molar-refractivity contribution >= 4 is 17.7 Å². The van der Waals surface area contributed by atoms with Gasteiger partial charge in [0.2, 0.25) is 0 Å². The molecule has 1 aliphatic heterocycles. The average molecular weight is 317 g/mol. The Kier molecular flexibility index (Phi) is 4.50. The van der Waals surface area contributed by atoms with E-state index in [0.29, 0.717) is 18.4 Å². The van der Waals surface area contributed by atoms with E-state index in [1.54, 1.807) is 12.3 Å². The smallest absolute Gasteiger partial charge is 0.329 e. The lowest BCUT2D eigenvalue weighted by Gasteiger charge is -2.38. The lowest BCUT2D eigenvalue weighted by molar-refractivity contribution is -0.148. The van der Waals surface area contributed by atoms with Crippen LogP contribution in [0.4, 0.5) is 5.82 Å². The van der Waals surface area contributed by atoms with Gasteiger partial charge in [0, 0.05) is 19.3 Å². The minimum absolute atomic E-state index is 0.359. The van der Waals surface area contributed by atoms with Crippen molar-refractivity contribution in [2.45, 2.75) is 50.5 Å². The molecule has 2 fully saturated rings. The molecule has 2 N–H and O–H groups in total. The Hall–Kier alpha value is -2.11. The number of nitrogens with one attached hydrogen (secondary N) is 1. The quantitative estimate of drug-likeness (QED) is 0.889. The minimum Gasteiger partial charge on any atom is -0.480 e. The second kappa shape index (κ2) is 6.56. The van der Waals surface area contributed by atoms with E-state index in [1.165, 1.54) is 25.7 Å². The molecule has 6 heteroatoms. The van der Waals surface area contributed by atoms with Gasteiger partial charge >= 0.3 is 5.97 Å². The summed E-state index contributed by atoms with van der Waals surface area (Å²) in [6, 6.07) is 3.59. The molecule has 0 atom stereocenters. The molecule has 2 heterocycles. The molecule has 1 aliphatic carbocycles. The van der Waals surface area contributed by atoms with Crippen LogP contribution in [-0.4, -0.2) is 40.6 Å². The molecule has 0 bridgehead atoms. The van der Waals surface area contributed by atoms with Gasteiger partial charge in [0.25, 0.3) is 5.91 Å². The fourth-order valence-corrected chi connectivity index (χ4v) is 3.22. The van der Waals surface area contributed by atoms with E-state index in [0.717, 1.165) is 25.3 Å². The summed E-state index contributed by atoms with van der Waals surface area (Å²) in [5.74, 6) is -0.423. The number of aromatic nitrogens is 1. The number of hydrogen-bond donors (Lipinski definition) is 2. The second-order valence-corrected chi connectivity index (χ2v) is 6.50. The van der Waals surface area contributed by atoms with Crippen LogP contribution >= 0.6 is 0 Å². The van der Waals surface area contributed by atoms with Crippen molar-refractivity contribution in [3.63, 3.8) is 0 Å². The van der Waals surface area contributed by atoms with Crippen molar-refractivity contribution in [3.8, 4) is 0 Å². The summed E-state index contributed by atoms with van der Waals surface area (Å²) in [5, 5.41) is 11.9. The topological polar surface area (TPSA) is 82.5 Å². The zero-order valence-electron chi connectivity index (χ0n) is 13.3. The molecule has 1 saturated carbocycles. The molecule has 3 rings (SSSR count). The Morgan fingerprint density at radius 3 is 2.26 bits per heavy atom. The van der Waals surface area contributed by atoms with Crippen molar-refractivity contribution in [1.29, 1.82) is 0 Å². The van der Waals surface area contributed by atoms with Crippen LogP contribution in [0.25, 0.3) is 0 Å². The summed E-state index contributed by atoms with van der Waals surface area (Å²) in [4.78, 5) is 30.2. The molecule has 0 unspecified atom stereocenters. The van der Waals surface area contributed by atoms with Gasteiger partial charge in [-0.15, -0.1) is 0 Å². The number of aliphatic carboxylic acids is 1. The van der Waals surface area contributed by atoms with E-state index in [9.17, 15) is 14.7 Å². The number of carboxylic acid groups (broad SMARTS) is 1. The highest BCUT2D eigenvalue weighted by Crippen LogP contribution is 2.32. The fourth-order valence-electron chi connectivity index (χ4n) is 3.22. The van der Waals surface area contributed by atoms with Gasteiger partial charge in [-0.3, -0.25) is 4.79 Å². The Balaban J connectivity index is 1.66. The molecule has 6 nitrogen and oxygen atoms in total. The molecular formula is C17H23N3O3. The monoisotopic (exact) mass is 317 g/mol. The molecule has 23 heavy (non-hydrogen) atoms. The van der Waals surface area contributed by atoms with Crippen molar-refractivity contribution in [2.24, 2.45) is 0 Å². The Labute approximate surface area is 135 Å². The fraction of sp³-hybridized carbons (Fsp3) is 0.588. The first kappa shape index (κ1) is 15.8. The van der Waals surface area contributed by atoms with E-state index >= 15 is 0 Å². The maximum atomic E-state index is 12.3. The normalized spacial score (nSPS) is 20.3. The number of carbonyl (C=O) groups is 2. The summed E-state index contributed by atoms with van der Waals surface area (Å²) >= 11 is 0. The Morgan fingerprint density at radius 2 is 1.78 bits per heavy atom. The number of hydrogen-bond acceptors (Lipinski definition) is 4. The number of anilines is 1. The maximum absolute atomic E-state index is 12.3. The average Bonchev–Trinajstić information content (AvgIpc) is 2.79. The summed E-state index contributed by atoms with van der Waals surface area (Å²) < 4.78 is 0. The van der Waals surface area contributed by atoms with Gasteiger partial charge in [0.15, 0.2) is 0 Å². The van der Waals surface area contributed by atoms with Crippen molar-refractivity contribution in [3.05, 3.63) is 23.9 Å². The number of rotatable bonds is 4. The maximum Gasteiger partial charge on any atom is 0.329 e. The molecule has 0 aromatic carbocycles. The zero-order chi connectivity index (χ0) is 16.3. The SMILES string of the molecule is O=C(NC1(C(=O)O)CCC1)c1ccc(N2CCCCCC2)nc1. The van der Waals surface area contributed by atoms with E-state index in [4.69, 9.17) is 0 Å². The predicted molar refractivity (Wildman–Crippen MR) is 86.6 cm³/mol. The van der Waals surface area contributed by atoms with Gasteiger partial charge in [-0.1, -0.05) is 12.8 Å². The van der Waals surface area contributed by atoms with Crippen LogP contribution in [0.3, 0.4) is 0 Å². The zero-order valence-corrected chi connectivity index (χ0v) is 13.3. The third kappa shape index (κ3) is 3.30. The lowest BCUT2D eigenvalue weighted by atomic mass is 9.76.